The Morgan fingerprint density at radius 3 is 3.05 bits per heavy atom. The molecule has 0 amide bonds. The third kappa shape index (κ3) is 2.42. The fraction of sp³-hybridized carbons (Fsp3) is 0.462. The SMILES string of the molecule is CC#CNc1ncnc2c1ncn2[C@H]1C[C@H](O)[C@@H](CO)O1. The molecule has 0 saturated carbocycles. The molecule has 0 bridgehead atoms. The van der Waals surface area contributed by atoms with Crippen LogP contribution in [0.2, 0.25) is 0 Å². The first-order valence-electron chi connectivity index (χ1n) is 6.54. The number of fused-ring (bicyclic) bond motifs is 1. The fourth-order valence-electron chi connectivity index (χ4n) is 2.33. The van der Waals surface area contributed by atoms with Crippen LogP contribution in [0.25, 0.3) is 11.2 Å². The summed E-state index contributed by atoms with van der Waals surface area (Å²) in [6, 6.07) is 2.71. The highest BCUT2D eigenvalue weighted by atomic mass is 16.5. The minimum Gasteiger partial charge on any atom is -0.394 e. The van der Waals surface area contributed by atoms with Crippen LogP contribution in [0.1, 0.15) is 19.6 Å². The van der Waals surface area contributed by atoms with Crippen molar-refractivity contribution in [1.29, 1.82) is 0 Å². The number of anilines is 1. The first kappa shape index (κ1) is 13.8. The molecule has 21 heavy (non-hydrogen) atoms. The minimum absolute atomic E-state index is 0.224. The van der Waals surface area contributed by atoms with E-state index in [0.717, 1.165) is 0 Å². The third-order valence-electron chi connectivity index (χ3n) is 3.36. The molecular weight excluding hydrogens is 274 g/mol. The lowest BCUT2D eigenvalue weighted by Gasteiger charge is -2.13. The van der Waals surface area contributed by atoms with Crippen LogP contribution in [0.4, 0.5) is 5.82 Å². The molecule has 3 N–H and O–H groups in total. The average molecular weight is 289 g/mol. The summed E-state index contributed by atoms with van der Waals surface area (Å²) in [7, 11) is 0. The number of hydrogen-bond donors (Lipinski definition) is 3. The average Bonchev–Trinajstić information content (AvgIpc) is 3.08. The van der Waals surface area contributed by atoms with Crippen molar-refractivity contribution >= 4 is 17.0 Å². The highest BCUT2D eigenvalue weighted by molar-refractivity contribution is 5.83. The highest BCUT2D eigenvalue weighted by Gasteiger charge is 2.35. The van der Waals surface area contributed by atoms with E-state index in [0.29, 0.717) is 23.4 Å². The van der Waals surface area contributed by atoms with Crippen molar-refractivity contribution in [3.05, 3.63) is 12.7 Å². The number of aromatic nitrogens is 4. The standard InChI is InChI=1S/C13H15N5O3/c1-2-3-14-12-11-13(16-6-15-12)18(7-17-11)10-4-8(20)9(5-19)21-10/h6-10,19-20H,4-5H2,1H3,(H,14,15,16)/t8-,9+,10+/m0/s1. The van der Waals surface area contributed by atoms with Crippen LogP contribution in [-0.2, 0) is 4.74 Å². The van der Waals surface area contributed by atoms with Gasteiger partial charge >= 0.3 is 0 Å². The van der Waals surface area contributed by atoms with Gasteiger partial charge in [0.05, 0.1) is 19.0 Å². The van der Waals surface area contributed by atoms with Gasteiger partial charge in [0.15, 0.2) is 17.0 Å². The van der Waals surface area contributed by atoms with E-state index in [9.17, 15) is 5.11 Å². The highest BCUT2D eigenvalue weighted by Crippen LogP contribution is 2.31. The normalized spacial score (nSPS) is 24.8. The molecule has 1 aliphatic rings. The quantitative estimate of drug-likeness (QED) is 0.533. The molecule has 1 fully saturated rings. The van der Waals surface area contributed by atoms with Crippen molar-refractivity contribution in [3.63, 3.8) is 0 Å². The van der Waals surface area contributed by atoms with Crippen LogP contribution in [-0.4, -0.2) is 48.5 Å². The Hall–Kier alpha value is -2.21. The molecule has 8 nitrogen and oxygen atoms in total. The lowest BCUT2D eigenvalue weighted by atomic mass is 10.2. The number of nitrogens with zero attached hydrogens (tertiary/aromatic N) is 4. The number of imidazole rings is 1. The Kier molecular flexibility index (Phi) is 3.70. The largest absolute Gasteiger partial charge is 0.394 e. The number of aliphatic hydroxyl groups excluding tert-OH is 2. The molecule has 0 aromatic carbocycles. The number of rotatable bonds is 3. The van der Waals surface area contributed by atoms with E-state index in [1.54, 1.807) is 17.8 Å². The Balaban J connectivity index is 1.95. The first-order chi connectivity index (χ1) is 10.2. The van der Waals surface area contributed by atoms with Gasteiger partial charge in [-0.3, -0.25) is 9.88 Å². The molecule has 3 heterocycles. The zero-order chi connectivity index (χ0) is 14.8. The summed E-state index contributed by atoms with van der Waals surface area (Å²) < 4.78 is 7.33. The Morgan fingerprint density at radius 2 is 2.33 bits per heavy atom. The van der Waals surface area contributed by atoms with E-state index in [1.165, 1.54) is 6.33 Å². The van der Waals surface area contributed by atoms with Gasteiger partial charge in [0.1, 0.15) is 18.7 Å². The molecule has 0 spiro atoms. The van der Waals surface area contributed by atoms with Gasteiger partial charge in [-0.15, -0.1) is 0 Å². The van der Waals surface area contributed by atoms with Gasteiger partial charge in [-0.05, 0) is 6.92 Å². The Labute approximate surface area is 120 Å². The molecule has 2 aromatic heterocycles. The second-order valence-electron chi connectivity index (χ2n) is 4.66. The van der Waals surface area contributed by atoms with Crippen LogP contribution in [0, 0.1) is 12.0 Å². The first-order valence-corrected chi connectivity index (χ1v) is 6.54. The maximum atomic E-state index is 9.82. The maximum Gasteiger partial charge on any atom is 0.169 e. The van der Waals surface area contributed by atoms with Crippen molar-refractivity contribution in [2.45, 2.75) is 31.8 Å². The number of aliphatic hydroxyl groups is 2. The molecule has 2 aromatic rings. The second kappa shape index (κ2) is 5.65. The zero-order valence-corrected chi connectivity index (χ0v) is 11.4. The molecule has 0 unspecified atom stereocenters. The molecular formula is C13H15N5O3. The Morgan fingerprint density at radius 1 is 1.48 bits per heavy atom. The molecule has 0 aliphatic carbocycles. The van der Waals surface area contributed by atoms with Gasteiger partial charge in [-0.25, -0.2) is 15.0 Å². The lowest BCUT2D eigenvalue weighted by Crippen LogP contribution is -2.24. The van der Waals surface area contributed by atoms with Crippen LogP contribution >= 0.6 is 0 Å². The van der Waals surface area contributed by atoms with E-state index in [1.807, 2.05) is 0 Å². The molecule has 3 rings (SSSR count). The van der Waals surface area contributed by atoms with Crippen molar-refractivity contribution < 1.29 is 14.9 Å². The van der Waals surface area contributed by atoms with Gasteiger partial charge in [-0.2, -0.15) is 0 Å². The van der Waals surface area contributed by atoms with Gasteiger partial charge in [-0.1, -0.05) is 5.92 Å². The summed E-state index contributed by atoms with van der Waals surface area (Å²) in [5, 5.41) is 21.8. The predicted molar refractivity (Wildman–Crippen MR) is 74.0 cm³/mol. The molecule has 1 saturated heterocycles. The van der Waals surface area contributed by atoms with E-state index in [2.05, 4.69) is 32.2 Å². The van der Waals surface area contributed by atoms with E-state index in [4.69, 9.17) is 9.84 Å². The van der Waals surface area contributed by atoms with E-state index < -0.39 is 18.4 Å². The maximum absolute atomic E-state index is 9.82. The summed E-state index contributed by atoms with van der Waals surface area (Å²) >= 11 is 0. The van der Waals surface area contributed by atoms with Crippen molar-refractivity contribution in [3.8, 4) is 12.0 Å². The van der Waals surface area contributed by atoms with Crippen LogP contribution in [0.3, 0.4) is 0 Å². The van der Waals surface area contributed by atoms with Gasteiger partial charge < -0.3 is 14.9 Å². The molecule has 3 atom stereocenters. The summed E-state index contributed by atoms with van der Waals surface area (Å²) in [4.78, 5) is 12.6. The van der Waals surface area contributed by atoms with Gasteiger partial charge in [0, 0.05) is 12.5 Å². The molecule has 8 heteroatoms. The zero-order valence-electron chi connectivity index (χ0n) is 11.4. The third-order valence-corrected chi connectivity index (χ3v) is 3.36. The smallest absolute Gasteiger partial charge is 0.169 e. The van der Waals surface area contributed by atoms with Crippen LogP contribution in [0.5, 0.6) is 0 Å². The number of hydrogen-bond acceptors (Lipinski definition) is 7. The summed E-state index contributed by atoms with van der Waals surface area (Å²) in [6.45, 7) is 1.49. The second-order valence-corrected chi connectivity index (χ2v) is 4.66. The Bertz CT molecular complexity index is 705. The van der Waals surface area contributed by atoms with Crippen molar-refractivity contribution in [2.24, 2.45) is 0 Å². The topological polar surface area (TPSA) is 105 Å². The van der Waals surface area contributed by atoms with Crippen molar-refractivity contribution in [2.75, 3.05) is 11.9 Å². The van der Waals surface area contributed by atoms with Crippen molar-refractivity contribution in [1.82, 2.24) is 19.5 Å². The molecule has 0 radical (unpaired) electrons. The molecule has 1 aliphatic heterocycles. The number of ether oxygens (including phenoxy) is 1. The molecule has 110 valence electrons. The minimum atomic E-state index is -0.706. The predicted octanol–water partition coefficient (Wildman–Crippen LogP) is -0.140. The summed E-state index contributed by atoms with van der Waals surface area (Å²) in [5.74, 6) is 3.24. The van der Waals surface area contributed by atoms with Crippen LogP contribution < -0.4 is 5.32 Å². The fourth-order valence-corrected chi connectivity index (χ4v) is 2.33. The summed E-state index contributed by atoms with van der Waals surface area (Å²) in [5.41, 5.74) is 1.16. The lowest BCUT2D eigenvalue weighted by molar-refractivity contribution is -0.0432. The van der Waals surface area contributed by atoms with E-state index in [-0.39, 0.29) is 6.61 Å². The van der Waals surface area contributed by atoms with E-state index >= 15 is 0 Å². The van der Waals surface area contributed by atoms with Crippen LogP contribution in [0.15, 0.2) is 12.7 Å². The van der Waals surface area contributed by atoms with Gasteiger partial charge in [0.2, 0.25) is 0 Å². The number of nitrogens with one attached hydrogen (secondary N) is 1. The monoisotopic (exact) mass is 289 g/mol. The summed E-state index contributed by atoms with van der Waals surface area (Å²) in [6.07, 6.45) is 1.66. The van der Waals surface area contributed by atoms with Gasteiger partial charge in [0.25, 0.3) is 0 Å².